The maximum Gasteiger partial charge on any atom is 0.104 e. The van der Waals surface area contributed by atoms with Gasteiger partial charge < -0.3 is 5.73 Å². The molecule has 0 aromatic heterocycles. The molecule has 0 radical (unpaired) electrons. The molecule has 0 aromatic rings. The van der Waals surface area contributed by atoms with Crippen molar-refractivity contribution < 1.29 is 0 Å². The van der Waals surface area contributed by atoms with Gasteiger partial charge >= 0.3 is 0 Å². The molecule has 0 bridgehead atoms. The highest BCUT2D eigenvalue weighted by atomic mass is 14.7. The van der Waals surface area contributed by atoms with Crippen molar-refractivity contribution in [1.29, 1.82) is 5.26 Å². The Morgan fingerprint density at radius 1 is 0.636 bits per heavy atom. The quantitative estimate of drug-likeness (QED) is 0.331. The summed E-state index contributed by atoms with van der Waals surface area (Å²) in [7, 11) is 0. The van der Waals surface area contributed by atoms with Gasteiger partial charge in [-0.15, -0.1) is 0 Å². The molecule has 130 valence electrons. The first-order valence-electron chi connectivity index (χ1n) is 9.88. The van der Waals surface area contributed by atoms with Crippen molar-refractivity contribution >= 4 is 0 Å². The van der Waals surface area contributed by atoms with E-state index in [4.69, 9.17) is 5.73 Å². The Morgan fingerprint density at radius 3 is 1.27 bits per heavy atom. The molecular formula is C20H40N2. The van der Waals surface area contributed by atoms with E-state index in [1.165, 1.54) is 77.0 Å². The van der Waals surface area contributed by atoms with Crippen LogP contribution in [0.15, 0.2) is 0 Å². The van der Waals surface area contributed by atoms with Crippen molar-refractivity contribution in [3.8, 4) is 6.07 Å². The van der Waals surface area contributed by atoms with Crippen LogP contribution in [-0.4, -0.2) is 5.54 Å². The summed E-state index contributed by atoms with van der Waals surface area (Å²) in [5.74, 6) is 0. The standard InChI is InChI=1S/C20H40N2/c1-3-5-7-9-11-13-15-17-20(22,19-21)18-16-14-12-10-8-6-4-2/h3-18,22H2,1-2H3. The summed E-state index contributed by atoms with van der Waals surface area (Å²) in [6.45, 7) is 4.50. The zero-order valence-electron chi connectivity index (χ0n) is 15.3. The summed E-state index contributed by atoms with van der Waals surface area (Å²) in [6.07, 6.45) is 19.8. The van der Waals surface area contributed by atoms with E-state index in [9.17, 15) is 5.26 Å². The van der Waals surface area contributed by atoms with Crippen molar-refractivity contribution in [3.05, 3.63) is 0 Å². The predicted molar refractivity (Wildman–Crippen MR) is 97.8 cm³/mol. The molecule has 0 heterocycles. The van der Waals surface area contributed by atoms with Crippen molar-refractivity contribution in [2.75, 3.05) is 0 Å². The van der Waals surface area contributed by atoms with Crippen molar-refractivity contribution in [1.82, 2.24) is 0 Å². The van der Waals surface area contributed by atoms with Gasteiger partial charge in [0.05, 0.1) is 6.07 Å². The average molecular weight is 309 g/mol. The fraction of sp³-hybridized carbons (Fsp3) is 0.950. The zero-order valence-corrected chi connectivity index (χ0v) is 15.3. The smallest absolute Gasteiger partial charge is 0.104 e. The topological polar surface area (TPSA) is 49.8 Å². The first-order chi connectivity index (χ1) is 10.7. The van der Waals surface area contributed by atoms with Gasteiger partial charge in [-0.1, -0.05) is 104 Å². The highest BCUT2D eigenvalue weighted by molar-refractivity contribution is 5.04. The monoisotopic (exact) mass is 308 g/mol. The molecule has 2 heteroatoms. The molecule has 0 aliphatic heterocycles. The van der Waals surface area contributed by atoms with Gasteiger partial charge in [-0.3, -0.25) is 0 Å². The van der Waals surface area contributed by atoms with E-state index in [1.807, 2.05) is 0 Å². The first kappa shape index (κ1) is 21.4. The van der Waals surface area contributed by atoms with Crippen LogP contribution in [0.4, 0.5) is 0 Å². The largest absolute Gasteiger partial charge is 0.313 e. The van der Waals surface area contributed by atoms with Gasteiger partial charge in [0.15, 0.2) is 0 Å². The lowest BCUT2D eigenvalue weighted by atomic mass is 9.88. The summed E-state index contributed by atoms with van der Waals surface area (Å²) in [5, 5.41) is 9.36. The fourth-order valence-corrected chi connectivity index (χ4v) is 3.03. The SMILES string of the molecule is CCCCCCCCCC(N)(C#N)CCCCCCCCC. The van der Waals surface area contributed by atoms with Crippen LogP contribution < -0.4 is 5.73 Å². The third-order valence-electron chi connectivity index (χ3n) is 4.68. The first-order valence-corrected chi connectivity index (χ1v) is 9.88. The van der Waals surface area contributed by atoms with Crippen LogP contribution in [0.1, 0.15) is 117 Å². The molecule has 0 saturated carbocycles. The lowest BCUT2D eigenvalue weighted by Crippen LogP contribution is -2.37. The second-order valence-electron chi connectivity index (χ2n) is 7.01. The minimum atomic E-state index is -0.563. The summed E-state index contributed by atoms with van der Waals surface area (Å²) in [6, 6.07) is 2.38. The van der Waals surface area contributed by atoms with E-state index in [-0.39, 0.29) is 0 Å². The van der Waals surface area contributed by atoms with Crippen LogP contribution in [-0.2, 0) is 0 Å². The van der Waals surface area contributed by atoms with Gasteiger partial charge in [0.2, 0.25) is 0 Å². The Kier molecular flexibility index (Phi) is 15.0. The number of unbranched alkanes of at least 4 members (excludes halogenated alkanes) is 12. The normalized spacial score (nSPS) is 11.5. The Balaban J connectivity index is 3.57. The second-order valence-corrected chi connectivity index (χ2v) is 7.01. The third kappa shape index (κ3) is 13.1. The molecular weight excluding hydrogens is 268 g/mol. The predicted octanol–water partition coefficient (Wildman–Crippen LogP) is 6.49. The van der Waals surface area contributed by atoms with Gasteiger partial charge in [-0.2, -0.15) is 5.26 Å². The molecule has 0 atom stereocenters. The average Bonchev–Trinajstić information content (AvgIpc) is 2.53. The van der Waals surface area contributed by atoms with Crippen molar-refractivity contribution in [2.45, 2.75) is 122 Å². The molecule has 22 heavy (non-hydrogen) atoms. The Bertz CT molecular complexity index is 249. The highest BCUT2D eigenvalue weighted by Gasteiger charge is 2.22. The molecule has 0 rings (SSSR count). The van der Waals surface area contributed by atoms with E-state index in [0.717, 1.165) is 25.7 Å². The van der Waals surface area contributed by atoms with E-state index in [0.29, 0.717) is 0 Å². The minimum Gasteiger partial charge on any atom is -0.313 e. The second kappa shape index (κ2) is 15.3. The maximum atomic E-state index is 9.36. The molecule has 0 saturated heterocycles. The maximum absolute atomic E-state index is 9.36. The Labute approximate surface area is 139 Å². The summed E-state index contributed by atoms with van der Waals surface area (Å²) in [4.78, 5) is 0. The van der Waals surface area contributed by atoms with Crippen LogP contribution >= 0.6 is 0 Å². The fourth-order valence-electron chi connectivity index (χ4n) is 3.03. The number of rotatable bonds is 16. The molecule has 0 spiro atoms. The van der Waals surface area contributed by atoms with Crippen molar-refractivity contribution in [2.24, 2.45) is 5.73 Å². The van der Waals surface area contributed by atoms with E-state index >= 15 is 0 Å². The van der Waals surface area contributed by atoms with Gasteiger partial charge in [-0.05, 0) is 12.8 Å². The summed E-state index contributed by atoms with van der Waals surface area (Å²) in [5.41, 5.74) is 5.70. The molecule has 0 aromatic carbocycles. The molecule has 2 nitrogen and oxygen atoms in total. The summed E-state index contributed by atoms with van der Waals surface area (Å²) >= 11 is 0. The number of nitrogens with zero attached hydrogens (tertiary/aromatic N) is 1. The molecule has 0 fully saturated rings. The Hall–Kier alpha value is -0.550. The van der Waals surface area contributed by atoms with Gasteiger partial charge in [-0.25, -0.2) is 0 Å². The van der Waals surface area contributed by atoms with Crippen LogP contribution in [0.5, 0.6) is 0 Å². The van der Waals surface area contributed by atoms with Crippen LogP contribution in [0.2, 0.25) is 0 Å². The number of hydrogen-bond donors (Lipinski definition) is 1. The van der Waals surface area contributed by atoms with Crippen LogP contribution in [0, 0.1) is 11.3 Å². The molecule has 0 amide bonds. The van der Waals surface area contributed by atoms with Crippen LogP contribution in [0.3, 0.4) is 0 Å². The third-order valence-corrected chi connectivity index (χ3v) is 4.68. The number of nitriles is 1. The molecule has 0 aliphatic carbocycles. The number of nitrogens with two attached hydrogens (primary N) is 1. The van der Waals surface area contributed by atoms with Crippen LogP contribution in [0.25, 0.3) is 0 Å². The number of hydrogen-bond acceptors (Lipinski definition) is 2. The lowest BCUT2D eigenvalue weighted by Gasteiger charge is -2.21. The molecule has 2 N–H and O–H groups in total. The van der Waals surface area contributed by atoms with Gasteiger partial charge in [0.25, 0.3) is 0 Å². The van der Waals surface area contributed by atoms with Gasteiger partial charge in [0, 0.05) is 0 Å². The van der Waals surface area contributed by atoms with E-state index in [2.05, 4.69) is 19.9 Å². The summed E-state index contributed by atoms with van der Waals surface area (Å²) < 4.78 is 0. The molecule has 0 aliphatic rings. The minimum absolute atomic E-state index is 0.563. The van der Waals surface area contributed by atoms with Gasteiger partial charge in [0.1, 0.15) is 5.54 Å². The van der Waals surface area contributed by atoms with E-state index in [1.54, 1.807) is 0 Å². The molecule has 0 unspecified atom stereocenters. The van der Waals surface area contributed by atoms with E-state index < -0.39 is 5.54 Å². The zero-order chi connectivity index (χ0) is 16.5. The Morgan fingerprint density at radius 2 is 0.955 bits per heavy atom. The highest BCUT2D eigenvalue weighted by Crippen LogP contribution is 2.20. The van der Waals surface area contributed by atoms with Crippen molar-refractivity contribution in [3.63, 3.8) is 0 Å². The lowest BCUT2D eigenvalue weighted by molar-refractivity contribution is 0.411.